The molecule has 1 amide bonds. The third-order valence-electron chi connectivity index (χ3n) is 6.69. The van der Waals surface area contributed by atoms with Crippen molar-refractivity contribution < 1.29 is 14.6 Å². The van der Waals surface area contributed by atoms with Gasteiger partial charge in [-0.05, 0) is 43.0 Å². The van der Waals surface area contributed by atoms with Gasteiger partial charge in [-0.3, -0.25) is 4.79 Å². The summed E-state index contributed by atoms with van der Waals surface area (Å²) in [7, 11) is 3.42. The highest BCUT2D eigenvalue weighted by Gasteiger charge is 2.25. The van der Waals surface area contributed by atoms with Crippen LogP contribution in [0.2, 0.25) is 5.02 Å². The maximum absolute atomic E-state index is 12.8. The first-order valence-electron chi connectivity index (χ1n) is 12.0. The molecule has 0 spiro atoms. The van der Waals surface area contributed by atoms with Crippen LogP contribution in [-0.4, -0.2) is 65.8 Å². The summed E-state index contributed by atoms with van der Waals surface area (Å²) >= 11 is 6.41. The topological polar surface area (TPSA) is 103 Å². The molecule has 9 nitrogen and oxygen atoms in total. The van der Waals surface area contributed by atoms with Crippen LogP contribution in [0, 0.1) is 0 Å². The molecule has 5 rings (SSSR count). The molecule has 2 aromatic carbocycles. The number of hydrogen-bond acceptors (Lipinski definition) is 8. The standard InChI is InChI=1S/C26H29ClN6O3/c1-32-11-8-16-4-3-5-21(23(16)25(32)35)29-24-19(27)15-28-26(31-24)30-20-7-6-17(14-22(20)36-2)33-12-9-18(34)10-13-33/h3-7,14-15,18,34H,8-13H2,1-2H3,(H2,28,29,30,31). The predicted molar refractivity (Wildman–Crippen MR) is 141 cm³/mol. The number of aliphatic hydroxyl groups excluding tert-OH is 1. The minimum absolute atomic E-state index is 0.0316. The third-order valence-corrected chi connectivity index (χ3v) is 6.96. The zero-order valence-electron chi connectivity index (χ0n) is 20.3. The number of likely N-dealkylation sites (N-methyl/N-ethyl adjacent to an activating group) is 1. The molecule has 0 bridgehead atoms. The Morgan fingerprint density at radius 2 is 1.92 bits per heavy atom. The van der Waals surface area contributed by atoms with Gasteiger partial charge in [0.1, 0.15) is 10.8 Å². The SMILES string of the molecule is COc1cc(N2CCC(O)CC2)ccc1Nc1ncc(Cl)c(Nc2cccc3c2C(=O)N(C)CC3)n1. The molecule has 10 heteroatoms. The first-order valence-corrected chi connectivity index (χ1v) is 12.4. The van der Waals surface area contributed by atoms with Gasteiger partial charge in [-0.15, -0.1) is 0 Å². The summed E-state index contributed by atoms with van der Waals surface area (Å²) < 4.78 is 5.63. The van der Waals surface area contributed by atoms with E-state index in [9.17, 15) is 9.90 Å². The van der Waals surface area contributed by atoms with Crippen molar-refractivity contribution in [1.29, 1.82) is 0 Å². The summed E-state index contributed by atoms with van der Waals surface area (Å²) in [4.78, 5) is 25.7. The first kappa shape index (κ1) is 24.1. The fourth-order valence-corrected chi connectivity index (χ4v) is 4.75. The van der Waals surface area contributed by atoms with Gasteiger partial charge in [0.2, 0.25) is 5.95 Å². The van der Waals surface area contributed by atoms with E-state index in [0.717, 1.165) is 43.6 Å². The number of benzene rings is 2. The quantitative estimate of drug-likeness (QED) is 0.455. The highest BCUT2D eigenvalue weighted by Crippen LogP contribution is 2.34. The third kappa shape index (κ3) is 4.89. The van der Waals surface area contributed by atoms with Crippen LogP contribution >= 0.6 is 11.6 Å². The molecule has 3 N–H and O–H groups in total. The largest absolute Gasteiger partial charge is 0.494 e. The maximum Gasteiger partial charge on any atom is 0.255 e. The Hall–Kier alpha value is -3.56. The smallest absolute Gasteiger partial charge is 0.255 e. The number of nitrogens with one attached hydrogen (secondary N) is 2. The summed E-state index contributed by atoms with van der Waals surface area (Å²) in [5.74, 6) is 1.35. The molecule has 0 radical (unpaired) electrons. The summed E-state index contributed by atoms with van der Waals surface area (Å²) in [6, 6.07) is 11.6. The van der Waals surface area contributed by atoms with Crippen molar-refractivity contribution in [2.75, 3.05) is 49.3 Å². The minimum Gasteiger partial charge on any atom is -0.494 e. The maximum atomic E-state index is 12.8. The number of methoxy groups -OCH3 is 1. The molecule has 1 aromatic heterocycles. The second-order valence-electron chi connectivity index (χ2n) is 9.06. The van der Waals surface area contributed by atoms with E-state index >= 15 is 0 Å². The number of piperidine rings is 1. The number of nitrogens with zero attached hydrogens (tertiary/aromatic N) is 4. The zero-order valence-corrected chi connectivity index (χ0v) is 21.0. The van der Waals surface area contributed by atoms with Gasteiger partial charge >= 0.3 is 0 Å². The normalized spacial score (nSPS) is 16.1. The van der Waals surface area contributed by atoms with E-state index in [0.29, 0.717) is 46.0 Å². The van der Waals surface area contributed by atoms with E-state index < -0.39 is 0 Å². The van der Waals surface area contributed by atoms with Gasteiger partial charge in [0, 0.05) is 38.4 Å². The van der Waals surface area contributed by atoms with Crippen LogP contribution in [0.25, 0.3) is 0 Å². The Morgan fingerprint density at radius 3 is 2.69 bits per heavy atom. The van der Waals surface area contributed by atoms with E-state index in [1.54, 1.807) is 19.1 Å². The Labute approximate surface area is 215 Å². The molecular formula is C26H29ClN6O3. The van der Waals surface area contributed by atoms with Crippen molar-refractivity contribution in [2.24, 2.45) is 0 Å². The minimum atomic E-state index is -0.227. The van der Waals surface area contributed by atoms with Crippen LogP contribution in [0.3, 0.4) is 0 Å². The summed E-state index contributed by atoms with van der Waals surface area (Å²) in [6.07, 6.45) is 3.59. The number of anilines is 5. The molecule has 0 unspecified atom stereocenters. The molecule has 0 saturated carbocycles. The Kier molecular flexibility index (Phi) is 6.84. The van der Waals surface area contributed by atoms with Crippen molar-refractivity contribution in [1.82, 2.24) is 14.9 Å². The molecule has 3 heterocycles. The fourth-order valence-electron chi connectivity index (χ4n) is 4.61. The van der Waals surface area contributed by atoms with Crippen molar-refractivity contribution in [3.8, 4) is 5.75 Å². The van der Waals surface area contributed by atoms with Gasteiger partial charge in [0.05, 0.1) is 36.3 Å². The number of rotatable bonds is 6. The lowest BCUT2D eigenvalue weighted by atomic mass is 9.97. The predicted octanol–water partition coefficient (Wildman–Crippen LogP) is 4.22. The van der Waals surface area contributed by atoms with Crippen LogP contribution in [0.5, 0.6) is 5.75 Å². The Balaban J connectivity index is 1.38. The number of aromatic nitrogens is 2. The zero-order chi connectivity index (χ0) is 25.2. The number of halogens is 1. The van der Waals surface area contributed by atoms with Gasteiger partial charge in [0.15, 0.2) is 5.82 Å². The number of hydrogen-bond donors (Lipinski definition) is 3. The Bertz CT molecular complexity index is 1280. The van der Waals surface area contributed by atoms with E-state index in [2.05, 4.69) is 25.5 Å². The molecule has 1 fully saturated rings. The molecule has 1 saturated heterocycles. The average Bonchev–Trinajstić information content (AvgIpc) is 2.89. The number of carbonyl (C=O) groups excluding carboxylic acids is 1. The molecule has 36 heavy (non-hydrogen) atoms. The number of amides is 1. The molecule has 0 aliphatic carbocycles. The van der Waals surface area contributed by atoms with Crippen LogP contribution < -0.4 is 20.3 Å². The average molecular weight is 509 g/mol. The van der Waals surface area contributed by atoms with Crippen molar-refractivity contribution in [3.05, 3.63) is 58.7 Å². The lowest BCUT2D eigenvalue weighted by molar-refractivity contribution is 0.0782. The van der Waals surface area contributed by atoms with Crippen molar-refractivity contribution >= 4 is 46.3 Å². The van der Waals surface area contributed by atoms with Crippen LogP contribution in [0.4, 0.5) is 28.8 Å². The van der Waals surface area contributed by atoms with Crippen molar-refractivity contribution in [2.45, 2.75) is 25.4 Å². The first-order chi connectivity index (χ1) is 17.4. The monoisotopic (exact) mass is 508 g/mol. The molecule has 188 valence electrons. The lowest BCUT2D eigenvalue weighted by Crippen LogP contribution is -2.35. The van der Waals surface area contributed by atoms with E-state index in [-0.39, 0.29) is 12.0 Å². The van der Waals surface area contributed by atoms with Crippen LogP contribution in [0.15, 0.2) is 42.6 Å². The second kappa shape index (κ2) is 10.2. The van der Waals surface area contributed by atoms with E-state index in [4.69, 9.17) is 16.3 Å². The number of fused-ring (bicyclic) bond motifs is 1. The summed E-state index contributed by atoms with van der Waals surface area (Å²) in [5, 5.41) is 16.6. The van der Waals surface area contributed by atoms with Crippen molar-refractivity contribution in [3.63, 3.8) is 0 Å². The van der Waals surface area contributed by atoms with E-state index in [1.165, 1.54) is 6.20 Å². The number of ether oxygens (including phenoxy) is 1. The van der Waals surface area contributed by atoms with Gasteiger partial charge < -0.3 is 30.3 Å². The summed E-state index contributed by atoms with van der Waals surface area (Å²) in [5.41, 5.74) is 4.04. The van der Waals surface area contributed by atoms with Gasteiger partial charge in [-0.1, -0.05) is 23.7 Å². The van der Waals surface area contributed by atoms with Gasteiger partial charge in [-0.25, -0.2) is 4.98 Å². The van der Waals surface area contributed by atoms with Crippen LogP contribution in [0.1, 0.15) is 28.8 Å². The van der Waals surface area contributed by atoms with Gasteiger partial charge in [0.25, 0.3) is 5.91 Å². The molecule has 0 atom stereocenters. The van der Waals surface area contributed by atoms with Crippen LogP contribution in [-0.2, 0) is 6.42 Å². The molecule has 2 aliphatic heterocycles. The fraction of sp³-hybridized carbons (Fsp3) is 0.346. The Morgan fingerprint density at radius 1 is 1.11 bits per heavy atom. The van der Waals surface area contributed by atoms with E-state index in [1.807, 2.05) is 36.4 Å². The number of carbonyl (C=O) groups is 1. The lowest BCUT2D eigenvalue weighted by Gasteiger charge is -2.31. The highest BCUT2D eigenvalue weighted by atomic mass is 35.5. The molecule has 3 aromatic rings. The number of aliphatic hydroxyl groups is 1. The second-order valence-corrected chi connectivity index (χ2v) is 9.47. The highest BCUT2D eigenvalue weighted by molar-refractivity contribution is 6.33. The molecular weight excluding hydrogens is 480 g/mol. The summed E-state index contributed by atoms with van der Waals surface area (Å²) in [6.45, 7) is 2.29. The molecule has 2 aliphatic rings. The van der Waals surface area contributed by atoms with Gasteiger partial charge in [-0.2, -0.15) is 4.98 Å².